The van der Waals surface area contributed by atoms with Gasteiger partial charge >= 0.3 is 0 Å². The van der Waals surface area contributed by atoms with E-state index in [2.05, 4.69) is 156 Å². The molecule has 0 aliphatic carbocycles. The summed E-state index contributed by atoms with van der Waals surface area (Å²) in [7, 11) is 0. The molecule has 0 aliphatic rings. The summed E-state index contributed by atoms with van der Waals surface area (Å²) < 4.78 is 2.44. The summed E-state index contributed by atoms with van der Waals surface area (Å²) in [5, 5.41) is 8.15. The SMILES string of the molecule is c1ccc(-c2nc(-c3ccccc3)nc(-c3ccc4cc(-c5ccc6c(c5)c5ccc7c(-c8ccccc8)nc8ccccc8c7c5n6-c5ccccc5)ccc4c3)n2)cc1. The van der Waals surface area contributed by atoms with Crippen LogP contribution in [0.2, 0.25) is 0 Å². The van der Waals surface area contributed by atoms with Gasteiger partial charge in [0.15, 0.2) is 17.5 Å². The first-order valence-corrected chi connectivity index (χ1v) is 20.6. The zero-order valence-electron chi connectivity index (χ0n) is 32.9. The van der Waals surface area contributed by atoms with Crippen LogP contribution in [0.25, 0.3) is 116 Å². The maximum absolute atomic E-state index is 5.25. The molecule has 0 fully saturated rings. The number of hydrogen-bond acceptors (Lipinski definition) is 4. The third-order valence-electron chi connectivity index (χ3n) is 11.8. The van der Waals surface area contributed by atoms with E-state index in [4.69, 9.17) is 19.9 Å². The van der Waals surface area contributed by atoms with Gasteiger partial charge in [0.1, 0.15) is 0 Å². The maximum Gasteiger partial charge on any atom is 0.164 e. The number of fused-ring (bicyclic) bond motifs is 8. The smallest absolute Gasteiger partial charge is 0.164 e. The van der Waals surface area contributed by atoms with Crippen molar-refractivity contribution in [3.8, 4) is 62.2 Å². The second kappa shape index (κ2) is 14.2. The lowest BCUT2D eigenvalue weighted by molar-refractivity contribution is 1.07. The van der Waals surface area contributed by atoms with E-state index in [9.17, 15) is 0 Å². The Bertz CT molecular complexity index is 3560. The Morgan fingerprint density at radius 1 is 0.311 bits per heavy atom. The zero-order valence-corrected chi connectivity index (χ0v) is 32.9. The summed E-state index contributed by atoms with van der Waals surface area (Å²) in [5.41, 5.74) is 11.7. The second-order valence-electron chi connectivity index (χ2n) is 15.4. The molecule has 3 aromatic heterocycles. The Balaban J connectivity index is 1.01. The molecular weight excluding hydrogens is 743 g/mol. The first-order valence-electron chi connectivity index (χ1n) is 20.6. The molecule has 3 heterocycles. The summed E-state index contributed by atoms with van der Waals surface area (Å²) in [6.45, 7) is 0. The zero-order chi connectivity index (χ0) is 40.3. The van der Waals surface area contributed by atoms with E-state index in [1.807, 2.05) is 60.7 Å². The highest BCUT2D eigenvalue weighted by atomic mass is 15.0. The molecular formula is C56H35N5. The summed E-state index contributed by atoms with van der Waals surface area (Å²) in [5.74, 6) is 1.95. The fraction of sp³-hybridized carbons (Fsp3) is 0. The van der Waals surface area contributed by atoms with Gasteiger partial charge < -0.3 is 4.57 Å². The third kappa shape index (κ3) is 5.94. The number of hydrogen-bond donors (Lipinski definition) is 0. The van der Waals surface area contributed by atoms with Gasteiger partial charge in [-0.3, -0.25) is 0 Å². The number of aromatic nitrogens is 5. The fourth-order valence-electron chi connectivity index (χ4n) is 8.88. The summed E-state index contributed by atoms with van der Waals surface area (Å²) in [6, 6.07) is 74.7. The van der Waals surface area contributed by atoms with E-state index in [1.165, 1.54) is 21.7 Å². The van der Waals surface area contributed by atoms with E-state index in [-0.39, 0.29) is 0 Å². The highest BCUT2D eigenvalue weighted by Crippen LogP contribution is 2.43. The van der Waals surface area contributed by atoms with E-state index in [0.717, 1.165) is 77.3 Å². The number of rotatable bonds is 6. The van der Waals surface area contributed by atoms with Crippen LogP contribution in [0.15, 0.2) is 212 Å². The van der Waals surface area contributed by atoms with Crippen molar-refractivity contribution in [1.29, 1.82) is 0 Å². The number of pyridine rings is 1. The second-order valence-corrected chi connectivity index (χ2v) is 15.4. The molecule has 0 N–H and O–H groups in total. The van der Waals surface area contributed by atoms with Crippen LogP contribution in [0, 0.1) is 0 Å². The average Bonchev–Trinajstić information content (AvgIpc) is 3.68. The predicted molar refractivity (Wildman–Crippen MR) is 252 cm³/mol. The summed E-state index contributed by atoms with van der Waals surface area (Å²) >= 11 is 0. The lowest BCUT2D eigenvalue weighted by Crippen LogP contribution is -2.00. The highest BCUT2D eigenvalue weighted by molar-refractivity contribution is 6.27. The van der Waals surface area contributed by atoms with Gasteiger partial charge in [0, 0.05) is 54.9 Å². The van der Waals surface area contributed by atoms with Gasteiger partial charge in [-0.1, -0.05) is 170 Å². The molecule has 0 radical (unpaired) electrons. The van der Waals surface area contributed by atoms with Crippen molar-refractivity contribution in [2.45, 2.75) is 0 Å². The van der Waals surface area contributed by atoms with Crippen LogP contribution in [0.5, 0.6) is 0 Å². The predicted octanol–water partition coefficient (Wildman–Crippen LogP) is 14.2. The van der Waals surface area contributed by atoms with Crippen molar-refractivity contribution in [3.05, 3.63) is 212 Å². The van der Waals surface area contributed by atoms with Crippen molar-refractivity contribution in [2.24, 2.45) is 0 Å². The molecule has 5 nitrogen and oxygen atoms in total. The van der Waals surface area contributed by atoms with Gasteiger partial charge in [-0.2, -0.15) is 0 Å². The molecule has 0 bridgehead atoms. The fourth-order valence-corrected chi connectivity index (χ4v) is 8.88. The first kappa shape index (κ1) is 34.7. The highest BCUT2D eigenvalue weighted by Gasteiger charge is 2.20. The van der Waals surface area contributed by atoms with Crippen molar-refractivity contribution >= 4 is 54.3 Å². The largest absolute Gasteiger partial charge is 0.309 e. The van der Waals surface area contributed by atoms with Crippen molar-refractivity contribution in [2.75, 3.05) is 0 Å². The molecule has 61 heavy (non-hydrogen) atoms. The molecule has 0 saturated carbocycles. The molecule has 0 atom stereocenters. The number of para-hydroxylation sites is 2. The van der Waals surface area contributed by atoms with E-state index in [1.54, 1.807) is 0 Å². The van der Waals surface area contributed by atoms with Gasteiger partial charge in [-0.25, -0.2) is 19.9 Å². The van der Waals surface area contributed by atoms with Crippen molar-refractivity contribution in [1.82, 2.24) is 24.5 Å². The standard InChI is InChI=1S/C56H35N5/c1-5-15-36(16-6-1)52-47-31-30-45-48-35-42(29-32-50(48)61(44-21-11-4-12-22-44)53(45)51(47)46-23-13-14-24-49(46)57-52)40-25-26-41-34-43(28-27-39(41)33-40)56-59-54(37-17-7-2-8-18-37)58-55(60-56)38-19-9-3-10-20-38/h1-35H. The van der Waals surface area contributed by atoms with Gasteiger partial charge in [0.05, 0.1) is 22.2 Å². The molecule has 0 amide bonds. The molecule has 5 heteroatoms. The van der Waals surface area contributed by atoms with Gasteiger partial charge in [0.2, 0.25) is 0 Å². The molecule has 12 rings (SSSR count). The number of nitrogens with zero attached hydrogens (tertiary/aromatic N) is 5. The van der Waals surface area contributed by atoms with E-state index in [0.29, 0.717) is 17.5 Å². The molecule has 9 aromatic carbocycles. The van der Waals surface area contributed by atoms with Crippen LogP contribution in [-0.2, 0) is 0 Å². The van der Waals surface area contributed by atoms with E-state index < -0.39 is 0 Å². The molecule has 0 aliphatic heterocycles. The van der Waals surface area contributed by atoms with Crippen LogP contribution >= 0.6 is 0 Å². The minimum atomic E-state index is 0.644. The Labute approximate surface area is 351 Å². The van der Waals surface area contributed by atoms with E-state index >= 15 is 0 Å². The van der Waals surface area contributed by atoms with Gasteiger partial charge in [-0.05, 0) is 64.4 Å². The van der Waals surface area contributed by atoms with Crippen LogP contribution in [-0.4, -0.2) is 24.5 Å². The summed E-state index contributed by atoms with van der Waals surface area (Å²) in [6.07, 6.45) is 0. The minimum absolute atomic E-state index is 0.644. The monoisotopic (exact) mass is 777 g/mol. The lowest BCUT2D eigenvalue weighted by atomic mass is 9.96. The third-order valence-corrected chi connectivity index (χ3v) is 11.8. The minimum Gasteiger partial charge on any atom is -0.309 e. The number of benzene rings is 9. The lowest BCUT2D eigenvalue weighted by Gasteiger charge is -2.14. The Kier molecular flexibility index (Phi) is 8.10. The molecule has 0 saturated heterocycles. The van der Waals surface area contributed by atoms with Gasteiger partial charge in [0.25, 0.3) is 0 Å². The van der Waals surface area contributed by atoms with Crippen molar-refractivity contribution < 1.29 is 0 Å². The molecule has 0 spiro atoms. The molecule has 284 valence electrons. The van der Waals surface area contributed by atoms with Crippen LogP contribution in [0.3, 0.4) is 0 Å². The van der Waals surface area contributed by atoms with Gasteiger partial charge in [-0.15, -0.1) is 0 Å². The Morgan fingerprint density at radius 2 is 0.820 bits per heavy atom. The topological polar surface area (TPSA) is 56.5 Å². The Hall–Kier alpha value is -8.28. The molecule has 12 aromatic rings. The summed E-state index contributed by atoms with van der Waals surface area (Å²) in [4.78, 5) is 20.1. The van der Waals surface area contributed by atoms with Crippen LogP contribution in [0.1, 0.15) is 0 Å². The quantitative estimate of drug-likeness (QED) is 0.158. The first-order chi connectivity index (χ1) is 30.2. The average molecular weight is 778 g/mol. The maximum atomic E-state index is 5.25. The van der Waals surface area contributed by atoms with Crippen LogP contribution < -0.4 is 0 Å². The van der Waals surface area contributed by atoms with Crippen LogP contribution in [0.4, 0.5) is 0 Å². The normalized spacial score (nSPS) is 11.6. The molecule has 0 unspecified atom stereocenters. The van der Waals surface area contributed by atoms with Crippen molar-refractivity contribution in [3.63, 3.8) is 0 Å². The Morgan fingerprint density at radius 3 is 1.49 bits per heavy atom.